The van der Waals surface area contributed by atoms with Crippen molar-refractivity contribution in [3.8, 4) is 23.2 Å². The number of nitrogens with zero attached hydrogens (tertiary/aromatic N) is 3. The van der Waals surface area contributed by atoms with Crippen LogP contribution in [-0.2, 0) is 90.8 Å². The fraction of sp³-hybridized carbons (Fsp3) is 0.408. The lowest BCUT2D eigenvalue weighted by atomic mass is 9.81. The Morgan fingerprint density at radius 3 is 2.26 bits per heavy atom. The van der Waals surface area contributed by atoms with Crippen molar-refractivity contribution >= 4 is 69.9 Å². The quantitative estimate of drug-likeness (QED) is 0.0157. The molecule has 4 aromatic carbocycles. The number of aliphatic hydroxyl groups is 1. The van der Waals surface area contributed by atoms with Gasteiger partial charge in [0, 0.05) is 71.7 Å². The maximum atomic E-state index is 15.5. The Morgan fingerprint density at radius 1 is 0.804 bits per heavy atom. The van der Waals surface area contributed by atoms with Gasteiger partial charge in [0.1, 0.15) is 31.1 Å². The van der Waals surface area contributed by atoms with E-state index in [1.54, 1.807) is 62.9 Å². The Labute approximate surface area is 559 Å². The molecule has 4 aliphatic rings. The second kappa shape index (κ2) is 31.7. The number of aromatic nitrogens is 2. The lowest BCUT2D eigenvalue weighted by Crippen LogP contribution is -2.54. The summed E-state index contributed by atoms with van der Waals surface area (Å²) in [7, 11) is 0. The first kappa shape index (κ1) is 69.8. The molecular formula is C71H79FN10O15. The molecule has 10 rings (SSSR count). The first-order valence-corrected chi connectivity index (χ1v) is 32.5. The van der Waals surface area contributed by atoms with Crippen LogP contribution in [0.25, 0.3) is 22.3 Å². The predicted molar refractivity (Wildman–Crippen MR) is 354 cm³/mol. The number of para-hydroxylation sites is 1. The zero-order valence-electron chi connectivity index (χ0n) is 54.5. The minimum atomic E-state index is -2.05. The summed E-state index contributed by atoms with van der Waals surface area (Å²) < 4.78 is 44.7. The minimum Gasteiger partial charge on any atom is -0.458 e. The van der Waals surface area contributed by atoms with Gasteiger partial charge in [0.05, 0.1) is 86.9 Å². The second-order valence-corrected chi connectivity index (χ2v) is 24.4. The first-order chi connectivity index (χ1) is 46.7. The van der Waals surface area contributed by atoms with Crippen molar-refractivity contribution in [1.29, 1.82) is 0 Å². The zero-order chi connectivity index (χ0) is 68.9. The van der Waals surface area contributed by atoms with Gasteiger partial charge in [-0.2, -0.15) is 0 Å². The Kier molecular flexibility index (Phi) is 22.8. The van der Waals surface area contributed by atoms with E-state index in [1.165, 1.54) is 10.6 Å². The molecule has 97 heavy (non-hydrogen) atoms. The molecule has 26 heteroatoms. The number of carbonyl (C=O) groups is 8. The zero-order valence-corrected chi connectivity index (χ0v) is 54.5. The monoisotopic (exact) mass is 1330 g/mol. The highest BCUT2D eigenvalue weighted by Crippen LogP contribution is 2.46. The predicted octanol–water partition coefficient (Wildman–Crippen LogP) is 5.74. The number of fused-ring (bicyclic) bond motifs is 7. The van der Waals surface area contributed by atoms with Crippen molar-refractivity contribution in [2.75, 3.05) is 62.9 Å². The topological polar surface area (TPSA) is 339 Å². The van der Waals surface area contributed by atoms with Gasteiger partial charge >= 0.3 is 18.1 Å². The van der Waals surface area contributed by atoms with Crippen LogP contribution in [-0.4, -0.2) is 127 Å². The number of primary amides is 1. The van der Waals surface area contributed by atoms with Crippen molar-refractivity contribution in [2.24, 2.45) is 11.7 Å². The van der Waals surface area contributed by atoms with Gasteiger partial charge in [-0.15, -0.1) is 0 Å². The molecule has 0 unspecified atom stereocenters. The van der Waals surface area contributed by atoms with Crippen molar-refractivity contribution in [1.82, 2.24) is 36.1 Å². The first-order valence-electron chi connectivity index (χ1n) is 32.5. The number of nitrogens with one attached hydrogen (secondary N) is 6. The Morgan fingerprint density at radius 2 is 1.52 bits per heavy atom. The van der Waals surface area contributed by atoms with Crippen LogP contribution in [0.2, 0.25) is 0 Å². The number of hydrogen-bond donors (Lipinski definition) is 8. The molecule has 0 fully saturated rings. The van der Waals surface area contributed by atoms with E-state index < -0.39 is 76.8 Å². The highest BCUT2D eigenvalue weighted by atomic mass is 19.1. The van der Waals surface area contributed by atoms with Crippen LogP contribution in [0, 0.1) is 30.5 Å². The normalized spacial score (nSPS) is 16.1. The molecular weight excluding hydrogens is 1250 g/mol. The Balaban J connectivity index is 0.642. The van der Waals surface area contributed by atoms with Crippen LogP contribution < -0.4 is 48.1 Å². The molecule has 3 aliphatic heterocycles. The lowest BCUT2D eigenvalue weighted by molar-refractivity contribution is -0.172. The number of rotatable bonds is 29. The molecule has 4 atom stereocenters. The number of urea groups is 1. The highest BCUT2D eigenvalue weighted by Gasteiger charge is 2.46. The summed E-state index contributed by atoms with van der Waals surface area (Å²) >= 11 is 0. The van der Waals surface area contributed by atoms with E-state index in [9.17, 15) is 48.3 Å². The van der Waals surface area contributed by atoms with Crippen molar-refractivity contribution in [3.63, 3.8) is 0 Å². The van der Waals surface area contributed by atoms with E-state index >= 15 is 4.39 Å². The summed E-state index contributed by atoms with van der Waals surface area (Å²) in [6.45, 7) is 8.21. The molecule has 1 aliphatic carbocycles. The molecule has 0 radical (unpaired) electrons. The summed E-state index contributed by atoms with van der Waals surface area (Å²) in [6.07, 6.45) is 0.246. The van der Waals surface area contributed by atoms with Gasteiger partial charge in [-0.1, -0.05) is 75.1 Å². The molecule has 8 amide bonds. The van der Waals surface area contributed by atoms with E-state index in [-0.39, 0.29) is 134 Å². The highest BCUT2D eigenvalue weighted by molar-refractivity contribution is 5.99. The number of alkyl carbamates (subject to hydrolysis) is 1. The summed E-state index contributed by atoms with van der Waals surface area (Å²) in [5.41, 5.74) is 10.6. The number of benzene rings is 4. The van der Waals surface area contributed by atoms with Crippen LogP contribution >= 0.6 is 0 Å². The van der Waals surface area contributed by atoms with E-state index in [0.29, 0.717) is 75.3 Å². The lowest BCUT2D eigenvalue weighted by Gasteiger charge is -2.31. The van der Waals surface area contributed by atoms with Gasteiger partial charge in [0.25, 0.3) is 5.56 Å². The van der Waals surface area contributed by atoms with Crippen LogP contribution in [0.4, 0.5) is 25.4 Å². The van der Waals surface area contributed by atoms with Gasteiger partial charge in [-0.05, 0) is 109 Å². The molecule has 0 bridgehead atoms. The fourth-order valence-corrected chi connectivity index (χ4v) is 12.4. The molecule has 0 saturated carbocycles. The minimum absolute atomic E-state index is 0.0105. The maximum Gasteiger partial charge on any atom is 0.407 e. The standard InChI is InChI=1S/C71H79FN10O15/c1-5-71(92)51-35-57-64-49(38-82(57)67(88)50(51)40-96-68(71)89)62-53(23-22-48-42(4)52(72)36-55(77-64)61(48)62)79-70(91)97-39-43-16-20-47(21-17-43)76-65(86)54(14-10-27-75-69(73)90)78-66(87)63(41(2)3)80-59(84)26-29-93-31-33-95-34-32-94-30-28-74-58(83)24-25-60(85)81-37-46-13-7-6-11-44(46)18-19-45-12-8-9-15-56(45)81/h6-9,11-13,15-17,20-21,35-36,41,53-54,63,92H,5,10,14,22-34,37-40H2,1-4H3,(H,74,83)(H,76,86)(H,78,87)(H,79,91)(H,80,84)(H3,73,75,90)/t53-,54-,63-,71-/m0/s1. The molecule has 9 N–H and O–H groups in total. The Hall–Kier alpha value is -10.1. The average Bonchev–Trinajstić information content (AvgIpc) is 1.62. The molecule has 2 aromatic heterocycles. The molecule has 6 aromatic rings. The number of carbonyl (C=O) groups excluding carboxylic acids is 8. The Bertz CT molecular complexity index is 4150. The number of halogens is 1. The molecule has 0 saturated heterocycles. The number of ether oxygens (including phenoxy) is 5. The van der Waals surface area contributed by atoms with E-state index in [1.807, 2.05) is 48.5 Å². The summed E-state index contributed by atoms with van der Waals surface area (Å²) in [5.74, 6) is 2.53. The molecule has 5 heterocycles. The van der Waals surface area contributed by atoms with Crippen LogP contribution in [0.5, 0.6) is 0 Å². The summed E-state index contributed by atoms with van der Waals surface area (Å²) in [4.78, 5) is 126. The fourth-order valence-electron chi connectivity index (χ4n) is 12.4. The maximum absolute atomic E-state index is 15.5. The van der Waals surface area contributed by atoms with Crippen molar-refractivity contribution < 1.29 is 71.5 Å². The van der Waals surface area contributed by atoms with Gasteiger partial charge in [-0.3, -0.25) is 28.8 Å². The number of nitrogens with two attached hydrogens (primary N) is 1. The van der Waals surface area contributed by atoms with E-state index in [0.717, 1.165) is 22.3 Å². The number of amides is 8. The van der Waals surface area contributed by atoms with Crippen LogP contribution in [0.3, 0.4) is 0 Å². The second-order valence-electron chi connectivity index (χ2n) is 24.4. The average molecular weight is 1330 g/mol. The SMILES string of the molecule is CC[C@@]1(O)C(=O)OCc2c1cc1n(c2=O)Cc2c-1nc1cc(F)c(C)c3c1c2[C@@H](NC(=O)OCc1ccc(NC(=O)[C@H](CCCNC(N)=O)NC(=O)[C@@H](NC(=O)CCOCCOCCOCCNC(=O)CCC(=O)N2Cc4ccccc4C#Cc4ccccc42)C(C)C)cc1)CC3. The number of pyridine rings is 2. The molecule has 0 spiro atoms. The van der Waals surface area contributed by atoms with Gasteiger partial charge < -0.3 is 75.9 Å². The third kappa shape index (κ3) is 16.4. The number of cyclic esters (lactones) is 1. The van der Waals surface area contributed by atoms with Gasteiger partial charge in [-0.25, -0.2) is 23.8 Å². The van der Waals surface area contributed by atoms with Crippen molar-refractivity contribution in [3.05, 3.63) is 157 Å². The summed E-state index contributed by atoms with van der Waals surface area (Å²) in [6, 6.07) is 21.0. The number of aryl methyl sites for hydroxylation is 1. The smallest absolute Gasteiger partial charge is 0.407 e. The van der Waals surface area contributed by atoms with Crippen LogP contribution in [0.15, 0.2) is 89.7 Å². The number of esters is 1. The van der Waals surface area contributed by atoms with E-state index in [2.05, 4.69) is 43.7 Å². The molecule has 510 valence electrons. The largest absolute Gasteiger partial charge is 0.458 e. The molecule has 25 nitrogen and oxygen atoms in total. The van der Waals surface area contributed by atoms with Gasteiger partial charge in [0.2, 0.25) is 29.5 Å². The third-order valence-electron chi connectivity index (χ3n) is 17.7. The van der Waals surface area contributed by atoms with Gasteiger partial charge in [0.15, 0.2) is 5.60 Å². The van der Waals surface area contributed by atoms with Crippen molar-refractivity contribution in [2.45, 2.75) is 129 Å². The van der Waals surface area contributed by atoms with Crippen LogP contribution in [0.1, 0.15) is 127 Å². The third-order valence-corrected chi connectivity index (χ3v) is 17.7. The summed E-state index contributed by atoms with van der Waals surface area (Å²) in [5, 5.41) is 28.7. The van der Waals surface area contributed by atoms with E-state index in [4.69, 9.17) is 34.4 Å². The number of hydrogen-bond acceptors (Lipinski definition) is 16. The number of anilines is 2.